The van der Waals surface area contributed by atoms with Gasteiger partial charge in [-0.1, -0.05) is 41.4 Å². The summed E-state index contributed by atoms with van der Waals surface area (Å²) in [5, 5.41) is 2.97. The molecule has 3 aromatic carbocycles. The zero-order chi connectivity index (χ0) is 23.0. The van der Waals surface area contributed by atoms with Crippen molar-refractivity contribution in [3.05, 3.63) is 90.5 Å². The van der Waals surface area contributed by atoms with Crippen LogP contribution in [0.3, 0.4) is 0 Å². The number of hydrogen-bond donors (Lipinski definition) is 1. The van der Waals surface area contributed by atoms with Crippen LogP contribution in [-0.4, -0.2) is 5.91 Å². The average molecular weight is 590 g/mol. The molecule has 0 fully saturated rings. The lowest BCUT2D eigenvalue weighted by Gasteiger charge is -2.11. The Morgan fingerprint density at radius 1 is 1.00 bits per heavy atom. The van der Waals surface area contributed by atoms with E-state index >= 15 is 0 Å². The van der Waals surface area contributed by atoms with Gasteiger partial charge in [0.15, 0.2) is 5.75 Å². The highest BCUT2D eigenvalue weighted by atomic mass is 127. The Kier molecular flexibility index (Phi) is 6.42. The number of carbonyl (C=O) groups is 1. The molecule has 4 rings (SSSR count). The SMILES string of the molecule is O=C1Nc2cc(C(F)(F)F)ccc2/C1=C/c1cc(Cl)c(OCc2ccc(I)cc2)c(Cl)c1. The van der Waals surface area contributed by atoms with Gasteiger partial charge >= 0.3 is 6.18 Å². The predicted octanol–water partition coefficient (Wildman–Crippen LogP) is 7.69. The van der Waals surface area contributed by atoms with E-state index < -0.39 is 17.6 Å². The van der Waals surface area contributed by atoms with Crippen molar-refractivity contribution in [1.82, 2.24) is 0 Å². The standard InChI is InChI=1S/C23H13Cl2F3INO2/c24-18-8-13(9-19(25)21(18)32-11-12-1-4-15(29)5-2-12)7-17-16-6-3-14(23(26,27)28)10-20(16)30-22(17)31/h1-10H,11H2,(H,30,31)/b17-7-. The summed E-state index contributed by atoms with van der Waals surface area (Å²) >= 11 is 14.9. The van der Waals surface area contributed by atoms with Crippen molar-refractivity contribution in [2.45, 2.75) is 12.8 Å². The number of halogens is 6. The number of amides is 1. The minimum atomic E-state index is -4.50. The van der Waals surface area contributed by atoms with Gasteiger partial charge in [-0.3, -0.25) is 4.79 Å². The summed E-state index contributed by atoms with van der Waals surface area (Å²) in [5.74, 6) is -0.203. The maximum absolute atomic E-state index is 12.9. The highest BCUT2D eigenvalue weighted by Crippen LogP contribution is 2.40. The zero-order valence-electron chi connectivity index (χ0n) is 16.1. The highest BCUT2D eigenvalue weighted by molar-refractivity contribution is 14.1. The monoisotopic (exact) mass is 589 g/mol. The summed E-state index contributed by atoms with van der Waals surface area (Å²) in [6.07, 6.45) is -2.98. The molecule has 1 amide bonds. The second-order valence-corrected chi connectivity index (χ2v) is 9.06. The van der Waals surface area contributed by atoms with E-state index in [0.29, 0.717) is 16.9 Å². The third-order valence-corrected chi connectivity index (χ3v) is 6.04. The molecule has 9 heteroatoms. The topological polar surface area (TPSA) is 38.3 Å². The molecule has 0 saturated heterocycles. The molecule has 1 heterocycles. The molecule has 164 valence electrons. The van der Waals surface area contributed by atoms with Crippen LogP contribution in [0.1, 0.15) is 22.3 Å². The molecule has 0 saturated carbocycles. The van der Waals surface area contributed by atoms with E-state index in [2.05, 4.69) is 27.9 Å². The van der Waals surface area contributed by atoms with Crippen molar-refractivity contribution < 1.29 is 22.7 Å². The second kappa shape index (κ2) is 8.96. The molecule has 0 unspecified atom stereocenters. The van der Waals surface area contributed by atoms with Gasteiger partial charge in [-0.15, -0.1) is 0 Å². The van der Waals surface area contributed by atoms with Crippen LogP contribution in [0.2, 0.25) is 10.0 Å². The minimum Gasteiger partial charge on any atom is -0.486 e. The van der Waals surface area contributed by atoms with Crippen LogP contribution in [0.5, 0.6) is 5.75 Å². The van der Waals surface area contributed by atoms with Gasteiger partial charge < -0.3 is 10.1 Å². The Labute approximate surface area is 205 Å². The quantitative estimate of drug-likeness (QED) is 0.250. The Morgan fingerprint density at radius 3 is 2.28 bits per heavy atom. The Balaban J connectivity index is 1.60. The van der Waals surface area contributed by atoms with Crippen LogP contribution in [0, 0.1) is 3.57 Å². The van der Waals surface area contributed by atoms with Gasteiger partial charge in [0.25, 0.3) is 5.91 Å². The van der Waals surface area contributed by atoms with Crippen molar-refractivity contribution in [2.24, 2.45) is 0 Å². The van der Waals surface area contributed by atoms with Gasteiger partial charge in [0, 0.05) is 20.4 Å². The van der Waals surface area contributed by atoms with Crippen LogP contribution in [-0.2, 0) is 17.6 Å². The van der Waals surface area contributed by atoms with Crippen LogP contribution < -0.4 is 10.1 Å². The van der Waals surface area contributed by atoms with Gasteiger partial charge in [-0.25, -0.2) is 0 Å². The number of carbonyl (C=O) groups excluding carboxylic acids is 1. The molecule has 3 aromatic rings. The van der Waals surface area contributed by atoms with Crippen molar-refractivity contribution in [1.29, 1.82) is 0 Å². The molecule has 0 spiro atoms. The third-order valence-electron chi connectivity index (χ3n) is 4.76. The molecule has 0 aliphatic carbocycles. The Hall–Kier alpha value is -2.23. The van der Waals surface area contributed by atoms with E-state index in [1.807, 2.05) is 24.3 Å². The summed E-state index contributed by atoms with van der Waals surface area (Å²) in [4.78, 5) is 12.4. The van der Waals surface area contributed by atoms with Crippen LogP contribution in [0.4, 0.5) is 18.9 Å². The predicted molar refractivity (Wildman–Crippen MR) is 128 cm³/mol. The van der Waals surface area contributed by atoms with E-state index in [4.69, 9.17) is 27.9 Å². The molecule has 1 N–H and O–H groups in total. The van der Waals surface area contributed by atoms with E-state index in [-0.39, 0.29) is 27.9 Å². The van der Waals surface area contributed by atoms with Crippen molar-refractivity contribution in [2.75, 3.05) is 5.32 Å². The van der Waals surface area contributed by atoms with E-state index in [9.17, 15) is 18.0 Å². The van der Waals surface area contributed by atoms with E-state index in [1.165, 1.54) is 12.1 Å². The molecule has 0 aromatic heterocycles. The lowest BCUT2D eigenvalue weighted by atomic mass is 10.0. The van der Waals surface area contributed by atoms with Gasteiger partial charge in [0.1, 0.15) is 6.61 Å². The number of benzene rings is 3. The first-order chi connectivity index (χ1) is 15.1. The second-order valence-electron chi connectivity index (χ2n) is 7.00. The van der Waals surface area contributed by atoms with Crippen molar-refractivity contribution in [3.8, 4) is 5.75 Å². The first-order valence-corrected chi connectivity index (χ1v) is 11.1. The van der Waals surface area contributed by atoms with Gasteiger partial charge in [-0.2, -0.15) is 13.2 Å². The fraction of sp³-hybridized carbons (Fsp3) is 0.0870. The molecular weight excluding hydrogens is 577 g/mol. The zero-order valence-corrected chi connectivity index (χ0v) is 19.7. The van der Waals surface area contributed by atoms with Crippen molar-refractivity contribution >= 4 is 69.0 Å². The first-order valence-electron chi connectivity index (χ1n) is 9.23. The number of fused-ring (bicyclic) bond motifs is 1. The smallest absolute Gasteiger partial charge is 0.416 e. The van der Waals surface area contributed by atoms with Gasteiger partial charge in [0.05, 0.1) is 15.6 Å². The number of anilines is 1. The molecule has 32 heavy (non-hydrogen) atoms. The van der Waals surface area contributed by atoms with E-state index in [1.54, 1.807) is 12.1 Å². The van der Waals surface area contributed by atoms with Crippen molar-refractivity contribution in [3.63, 3.8) is 0 Å². The lowest BCUT2D eigenvalue weighted by molar-refractivity contribution is -0.137. The minimum absolute atomic E-state index is 0.103. The number of nitrogens with one attached hydrogen (secondary N) is 1. The van der Waals surface area contributed by atoms with Gasteiger partial charge in [-0.05, 0) is 76.2 Å². The fourth-order valence-electron chi connectivity index (χ4n) is 3.22. The molecule has 0 atom stereocenters. The summed E-state index contributed by atoms with van der Waals surface area (Å²) in [7, 11) is 0. The largest absolute Gasteiger partial charge is 0.486 e. The van der Waals surface area contributed by atoms with E-state index in [0.717, 1.165) is 21.3 Å². The molecular formula is C23H13Cl2F3INO2. The maximum atomic E-state index is 12.9. The number of rotatable bonds is 4. The Bertz CT molecular complexity index is 1220. The lowest BCUT2D eigenvalue weighted by Crippen LogP contribution is -2.06. The molecule has 1 aliphatic rings. The van der Waals surface area contributed by atoms with Crippen LogP contribution in [0.25, 0.3) is 11.6 Å². The average Bonchev–Trinajstić information content (AvgIpc) is 3.02. The third kappa shape index (κ3) is 4.89. The summed E-state index contributed by atoms with van der Waals surface area (Å²) < 4.78 is 45.7. The number of hydrogen-bond acceptors (Lipinski definition) is 2. The molecule has 3 nitrogen and oxygen atoms in total. The summed E-state index contributed by atoms with van der Waals surface area (Å²) in [6, 6.07) is 14.1. The summed E-state index contributed by atoms with van der Waals surface area (Å²) in [6.45, 7) is 0.272. The first kappa shape index (κ1) is 22.9. The van der Waals surface area contributed by atoms with Crippen LogP contribution >= 0.6 is 45.8 Å². The van der Waals surface area contributed by atoms with Crippen LogP contribution in [0.15, 0.2) is 54.6 Å². The molecule has 0 radical (unpaired) electrons. The molecule has 1 aliphatic heterocycles. The van der Waals surface area contributed by atoms with Gasteiger partial charge in [0.2, 0.25) is 0 Å². The highest BCUT2D eigenvalue weighted by Gasteiger charge is 2.33. The maximum Gasteiger partial charge on any atom is 0.416 e. The normalized spacial score (nSPS) is 14.4. The number of ether oxygens (including phenoxy) is 1. The molecule has 0 bridgehead atoms. The Morgan fingerprint density at radius 2 is 1.66 bits per heavy atom. The number of alkyl halides is 3. The summed E-state index contributed by atoms with van der Waals surface area (Å²) in [5.41, 5.74) is 1.31. The fourth-order valence-corrected chi connectivity index (χ4v) is 4.19.